The smallest absolute Gasteiger partial charge is 0.407 e. The number of benzene rings is 2. The van der Waals surface area contributed by atoms with Crippen LogP contribution in [0.15, 0.2) is 42.5 Å². The molecule has 4 N–H and O–H groups in total. The lowest BCUT2D eigenvalue weighted by atomic mass is 9.85. The number of halogens is 1. The molecule has 0 saturated heterocycles. The van der Waals surface area contributed by atoms with Crippen LogP contribution < -0.4 is 10.5 Å². The van der Waals surface area contributed by atoms with Crippen LogP contribution in [0.4, 0.5) is 14.9 Å². The van der Waals surface area contributed by atoms with Crippen LogP contribution in [0.25, 0.3) is 0 Å². The van der Waals surface area contributed by atoms with Crippen LogP contribution in [0.2, 0.25) is 0 Å². The number of nitrogens with zero attached hydrogens (tertiary/aromatic N) is 1. The molecule has 0 aliphatic carbocycles. The highest BCUT2D eigenvalue weighted by atomic mass is 19.1. The summed E-state index contributed by atoms with van der Waals surface area (Å²) in [5, 5.41) is 20.7. The summed E-state index contributed by atoms with van der Waals surface area (Å²) in [5.41, 5.74) is 6.71. The van der Waals surface area contributed by atoms with Crippen molar-refractivity contribution in [3.63, 3.8) is 0 Å². The minimum absolute atomic E-state index is 0.141. The first-order valence-electron chi connectivity index (χ1n) is 8.69. The lowest BCUT2D eigenvalue weighted by Crippen LogP contribution is -2.54. The van der Waals surface area contributed by atoms with Gasteiger partial charge in [0.15, 0.2) is 0 Å². The molecule has 0 bridgehead atoms. The molecule has 1 aliphatic heterocycles. The molecular weight excluding hydrogens is 351 g/mol. The van der Waals surface area contributed by atoms with Gasteiger partial charge in [-0.15, -0.1) is 0 Å². The van der Waals surface area contributed by atoms with Crippen molar-refractivity contribution in [1.29, 1.82) is 0 Å². The highest BCUT2D eigenvalue weighted by Gasteiger charge is 2.46. The Balaban J connectivity index is 1.93. The maximum atomic E-state index is 13.1. The van der Waals surface area contributed by atoms with Crippen molar-refractivity contribution < 1.29 is 24.1 Å². The van der Waals surface area contributed by atoms with E-state index in [4.69, 9.17) is 10.5 Å². The van der Waals surface area contributed by atoms with Gasteiger partial charge in [0.1, 0.15) is 23.3 Å². The van der Waals surface area contributed by atoms with Crippen molar-refractivity contribution >= 4 is 11.8 Å². The topological polar surface area (TPSA) is 96.0 Å². The van der Waals surface area contributed by atoms with Crippen molar-refractivity contribution in [3.05, 3.63) is 59.4 Å². The summed E-state index contributed by atoms with van der Waals surface area (Å²) in [5.74, 6) is 0.116. The molecule has 2 aromatic rings. The molecular formula is C20H23FN2O4. The lowest BCUT2D eigenvalue weighted by molar-refractivity contribution is -0.0878. The third-order valence-electron chi connectivity index (χ3n) is 4.88. The summed E-state index contributed by atoms with van der Waals surface area (Å²) in [6.45, 7) is 3.55. The number of hydrogen-bond acceptors (Lipinski definition) is 4. The fraction of sp³-hybridized carbons (Fsp3) is 0.350. The molecule has 0 saturated carbocycles. The third kappa shape index (κ3) is 3.83. The van der Waals surface area contributed by atoms with Crippen molar-refractivity contribution in [2.24, 2.45) is 0 Å². The number of nitrogens with two attached hydrogens (primary N) is 1. The van der Waals surface area contributed by atoms with Crippen LogP contribution in [-0.4, -0.2) is 39.5 Å². The molecule has 27 heavy (non-hydrogen) atoms. The maximum Gasteiger partial charge on any atom is 0.407 e. The van der Waals surface area contributed by atoms with Gasteiger partial charge in [-0.05, 0) is 44.0 Å². The Hall–Kier alpha value is -2.80. The van der Waals surface area contributed by atoms with Gasteiger partial charge in [0.2, 0.25) is 0 Å². The number of nitrogen functional groups attached to an aromatic ring is 1. The molecule has 144 valence electrons. The predicted molar refractivity (Wildman–Crippen MR) is 99.1 cm³/mol. The van der Waals surface area contributed by atoms with Crippen molar-refractivity contribution in [3.8, 4) is 5.75 Å². The Labute approximate surface area is 157 Å². The summed E-state index contributed by atoms with van der Waals surface area (Å²) in [4.78, 5) is 13.2. The molecule has 2 aromatic carbocycles. The highest BCUT2D eigenvalue weighted by Crippen LogP contribution is 2.43. The largest absolute Gasteiger partial charge is 0.485 e. The van der Waals surface area contributed by atoms with E-state index in [1.807, 2.05) is 0 Å². The van der Waals surface area contributed by atoms with E-state index in [1.54, 1.807) is 44.2 Å². The van der Waals surface area contributed by atoms with Crippen LogP contribution in [0, 0.1) is 5.82 Å². The first-order chi connectivity index (χ1) is 12.7. The minimum atomic E-state index is -1.15. The highest BCUT2D eigenvalue weighted by molar-refractivity contribution is 5.67. The van der Waals surface area contributed by atoms with E-state index in [9.17, 15) is 19.4 Å². The van der Waals surface area contributed by atoms with Gasteiger partial charge < -0.3 is 20.7 Å². The first kappa shape index (κ1) is 19.0. The Morgan fingerprint density at radius 1 is 1.26 bits per heavy atom. The molecule has 1 amide bonds. The summed E-state index contributed by atoms with van der Waals surface area (Å²) in [6, 6.07) is 10.1. The van der Waals surface area contributed by atoms with Crippen LogP contribution >= 0.6 is 0 Å². The molecule has 0 radical (unpaired) electrons. The molecule has 0 aromatic heterocycles. The number of aliphatic hydroxyl groups is 1. The molecule has 1 aliphatic rings. The Bertz CT molecular complexity index is 838. The average molecular weight is 374 g/mol. The SMILES string of the molecule is CC1(C)Oc2cc(N)ccc2[C@H](N(CCc2ccc(F)cc2)C(=O)O)[C@H]1O. The van der Waals surface area contributed by atoms with Gasteiger partial charge >= 0.3 is 6.09 Å². The van der Waals surface area contributed by atoms with Gasteiger partial charge in [-0.1, -0.05) is 18.2 Å². The Kier molecular flexibility index (Phi) is 4.97. The number of rotatable bonds is 4. The Morgan fingerprint density at radius 3 is 2.56 bits per heavy atom. The summed E-state index contributed by atoms with van der Waals surface area (Å²) in [6.07, 6.45) is -1.83. The van der Waals surface area contributed by atoms with Crippen LogP contribution in [0.3, 0.4) is 0 Å². The molecule has 7 heteroatoms. The number of carboxylic acid groups (broad SMARTS) is 1. The van der Waals surface area contributed by atoms with E-state index >= 15 is 0 Å². The normalized spacial score (nSPS) is 20.4. The average Bonchev–Trinajstić information content (AvgIpc) is 2.59. The fourth-order valence-electron chi connectivity index (χ4n) is 3.37. The van der Waals surface area contributed by atoms with Crippen molar-refractivity contribution in [2.45, 2.75) is 38.0 Å². The van der Waals surface area contributed by atoms with Crippen molar-refractivity contribution in [2.75, 3.05) is 12.3 Å². The van der Waals surface area contributed by atoms with E-state index in [0.717, 1.165) is 5.56 Å². The molecule has 6 nitrogen and oxygen atoms in total. The Morgan fingerprint density at radius 2 is 1.93 bits per heavy atom. The summed E-state index contributed by atoms with van der Waals surface area (Å²) >= 11 is 0. The van der Waals surface area contributed by atoms with Crippen LogP contribution in [-0.2, 0) is 6.42 Å². The van der Waals surface area contributed by atoms with Crippen molar-refractivity contribution in [1.82, 2.24) is 4.90 Å². The summed E-state index contributed by atoms with van der Waals surface area (Å²) < 4.78 is 18.9. The number of anilines is 1. The van der Waals surface area contributed by atoms with E-state index in [2.05, 4.69) is 0 Å². The zero-order chi connectivity index (χ0) is 19.8. The van der Waals surface area contributed by atoms with Crippen LogP contribution in [0.5, 0.6) is 5.75 Å². The minimum Gasteiger partial charge on any atom is -0.485 e. The standard InChI is InChI=1S/C20H23FN2O4/c1-20(2)18(24)17(15-8-7-14(22)11-16(15)27-20)23(19(25)26)10-9-12-3-5-13(21)6-4-12/h3-8,11,17-18,24H,9-10,22H2,1-2H3,(H,25,26)/t17-,18+/m0/s1. The predicted octanol–water partition coefficient (Wildman–Crippen LogP) is 3.20. The zero-order valence-electron chi connectivity index (χ0n) is 15.2. The number of carbonyl (C=O) groups is 1. The number of aliphatic hydroxyl groups excluding tert-OH is 1. The van der Waals surface area contributed by atoms with E-state index in [-0.39, 0.29) is 12.4 Å². The van der Waals surface area contributed by atoms with Gasteiger partial charge in [-0.3, -0.25) is 4.90 Å². The van der Waals surface area contributed by atoms with E-state index in [1.165, 1.54) is 17.0 Å². The summed E-state index contributed by atoms with van der Waals surface area (Å²) in [7, 11) is 0. The second kappa shape index (κ2) is 7.08. The van der Waals surface area contributed by atoms with Crippen LogP contribution in [0.1, 0.15) is 31.0 Å². The zero-order valence-corrected chi connectivity index (χ0v) is 15.2. The monoisotopic (exact) mass is 374 g/mol. The van der Waals surface area contributed by atoms with Gasteiger partial charge in [0.05, 0.1) is 6.04 Å². The second-order valence-corrected chi connectivity index (χ2v) is 7.24. The van der Waals surface area contributed by atoms with E-state index in [0.29, 0.717) is 23.4 Å². The molecule has 3 rings (SSSR count). The third-order valence-corrected chi connectivity index (χ3v) is 4.88. The number of amides is 1. The number of ether oxygens (including phenoxy) is 1. The van der Waals surface area contributed by atoms with E-state index < -0.39 is 23.8 Å². The number of hydrogen-bond donors (Lipinski definition) is 3. The first-order valence-corrected chi connectivity index (χ1v) is 8.69. The molecule has 0 spiro atoms. The maximum absolute atomic E-state index is 13.1. The molecule has 1 heterocycles. The quantitative estimate of drug-likeness (QED) is 0.714. The van der Waals surface area contributed by atoms with Gasteiger partial charge in [-0.25, -0.2) is 9.18 Å². The number of fused-ring (bicyclic) bond motifs is 1. The van der Waals surface area contributed by atoms with Gasteiger partial charge in [0, 0.05) is 23.9 Å². The second-order valence-electron chi connectivity index (χ2n) is 7.24. The van der Waals surface area contributed by atoms with Gasteiger partial charge in [0.25, 0.3) is 0 Å². The lowest BCUT2D eigenvalue weighted by Gasteiger charge is -2.45. The molecule has 2 atom stereocenters. The molecule has 0 fully saturated rings. The fourth-order valence-corrected chi connectivity index (χ4v) is 3.37. The molecule has 0 unspecified atom stereocenters. The van der Waals surface area contributed by atoms with Gasteiger partial charge in [-0.2, -0.15) is 0 Å².